The lowest BCUT2D eigenvalue weighted by Crippen LogP contribution is -2.41. The Morgan fingerprint density at radius 2 is 1.73 bits per heavy atom. The minimum Gasteiger partial charge on any atom is -0.396 e. The van der Waals surface area contributed by atoms with Gasteiger partial charge < -0.3 is 10.0 Å². The number of piperidine rings is 1. The van der Waals surface area contributed by atoms with Crippen molar-refractivity contribution in [1.82, 2.24) is 4.90 Å². The van der Waals surface area contributed by atoms with Crippen molar-refractivity contribution in [3.63, 3.8) is 0 Å². The second-order valence-corrected chi connectivity index (χ2v) is 4.93. The summed E-state index contributed by atoms with van der Waals surface area (Å²) in [6.45, 7) is 2.01. The number of aliphatic hydroxyl groups excluding tert-OH is 1. The van der Waals surface area contributed by atoms with Gasteiger partial charge in [-0.1, -0.05) is 12.8 Å². The highest BCUT2D eigenvalue weighted by Crippen LogP contribution is 2.28. The standard InChI is InChI=1S/C12H21NO2/c14-9-10-5-7-13(8-6-10)12(15)11-3-1-2-4-11/h10-11,14H,1-9H2. The maximum atomic E-state index is 12.1. The molecule has 0 aromatic rings. The fraction of sp³-hybridized carbons (Fsp3) is 0.917. The van der Waals surface area contributed by atoms with Crippen LogP contribution in [0.1, 0.15) is 38.5 Å². The third kappa shape index (κ3) is 2.51. The van der Waals surface area contributed by atoms with Crippen molar-refractivity contribution in [2.45, 2.75) is 38.5 Å². The van der Waals surface area contributed by atoms with Gasteiger partial charge in [-0.05, 0) is 31.6 Å². The van der Waals surface area contributed by atoms with E-state index in [1.807, 2.05) is 4.90 Å². The van der Waals surface area contributed by atoms with E-state index in [0.29, 0.717) is 17.7 Å². The number of amides is 1. The van der Waals surface area contributed by atoms with E-state index in [1.54, 1.807) is 0 Å². The Morgan fingerprint density at radius 1 is 1.13 bits per heavy atom. The van der Waals surface area contributed by atoms with Gasteiger partial charge >= 0.3 is 0 Å². The van der Waals surface area contributed by atoms with Gasteiger partial charge in [0.25, 0.3) is 0 Å². The lowest BCUT2D eigenvalue weighted by Gasteiger charge is -2.32. The van der Waals surface area contributed by atoms with Gasteiger partial charge in [0.2, 0.25) is 5.91 Å². The van der Waals surface area contributed by atoms with E-state index in [2.05, 4.69) is 0 Å². The molecule has 0 aromatic carbocycles. The van der Waals surface area contributed by atoms with Crippen LogP contribution >= 0.6 is 0 Å². The molecule has 0 unspecified atom stereocenters. The third-order valence-electron chi connectivity index (χ3n) is 3.89. The molecule has 1 aliphatic carbocycles. The summed E-state index contributed by atoms with van der Waals surface area (Å²) in [6.07, 6.45) is 6.61. The summed E-state index contributed by atoms with van der Waals surface area (Å²) < 4.78 is 0. The zero-order valence-corrected chi connectivity index (χ0v) is 9.32. The highest BCUT2D eigenvalue weighted by molar-refractivity contribution is 5.79. The fourth-order valence-electron chi connectivity index (χ4n) is 2.77. The Morgan fingerprint density at radius 3 is 2.27 bits per heavy atom. The quantitative estimate of drug-likeness (QED) is 0.750. The van der Waals surface area contributed by atoms with Crippen molar-refractivity contribution in [1.29, 1.82) is 0 Å². The maximum absolute atomic E-state index is 12.1. The first kappa shape index (κ1) is 10.9. The van der Waals surface area contributed by atoms with Crippen LogP contribution in [0.25, 0.3) is 0 Å². The zero-order valence-electron chi connectivity index (χ0n) is 9.32. The average Bonchev–Trinajstić information content (AvgIpc) is 2.82. The van der Waals surface area contributed by atoms with E-state index in [0.717, 1.165) is 38.8 Å². The molecule has 1 saturated heterocycles. The molecule has 0 bridgehead atoms. The van der Waals surface area contributed by atoms with Crippen LogP contribution < -0.4 is 0 Å². The van der Waals surface area contributed by atoms with Gasteiger partial charge in [0.1, 0.15) is 0 Å². The molecule has 2 aliphatic rings. The zero-order chi connectivity index (χ0) is 10.7. The van der Waals surface area contributed by atoms with E-state index < -0.39 is 0 Å². The van der Waals surface area contributed by atoms with E-state index in [9.17, 15) is 4.79 Å². The number of aliphatic hydroxyl groups is 1. The minimum atomic E-state index is 0.283. The van der Waals surface area contributed by atoms with E-state index >= 15 is 0 Å². The van der Waals surface area contributed by atoms with Gasteiger partial charge in [-0.2, -0.15) is 0 Å². The Kier molecular flexibility index (Phi) is 3.62. The molecule has 1 N–H and O–H groups in total. The fourth-order valence-corrected chi connectivity index (χ4v) is 2.77. The normalized spacial score (nSPS) is 24.7. The monoisotopic (exact) mass is 211 g/mol. The number of hydrogen-bond acceptors (Lipinski definition) is 2. The summed E-state index contributed by atoms with van der Waals surface area (Å²) in [7, 11) is 0. The number of likely N-dealkylation sites (tertiary alicyclic amines) is 1. The summed E-state index contributed by atoms with van der Waals surface area (Å²) >= 11 is 0. The summed E-state index contributed by atoms with van der Waals surface area (Å²) in [5, 5.41) is 9.02. The molecule has 15 heavy (non-hydrogen) atoms. The Bertz CT molecular complexity index is 216. The Hall–Kier alpha value is -0.570. The molecule has 1 aliphatic heterocycles. The van der Waals surface area contributed by atoms with Crippen LogP contribution in [0.2, 0.25) is 0 Å². The molecule has 3 nitrogen and oxygen atoms in total. The number of carbonyl (C=O) groups is 1. The molecule has 0 aromatic heterocycles. The molecular weight excluding hydrogens is 190 g/mol. The molecule has 3 heteroatoms. The van der Waals surface area contributed by atoms with Crippen LogP contribution in [0, 0.1) is 11.8 Å². The average molecular weight is 211 g/mol. The van der Waals surface area contributed by atoms with Gasteiger partial charge in [-0.25, -0.2) is 0 Å². The lowest BCUT2D eigenvalue weighted by molar-refractivity contribution is -0.136. The topological polar surface area (TPSA) is 40.5 Å². The number of rotatable bonds is 2. The van der Waals surface area contributed by atoms with Crippen molar-refractivity contribution in [3.8, 4) is 0 Å². The molecule has 1 heterocycles. The maximum Gasteiger partial charge on any atom is 0.225 e. The van der Waals surface area contributed by atoms with Crippen molar-refractivity contribution in [2.75, 3.05) is 19.7 Å². The van der Waals surface area contributed by atoms with Crippen molar-refractivity contribution < 1.29 is 9.90 Å². The van der Waals surface area contributed by atoms with Crippen LogP contribution in [0.3, 0.4) is 0 Å². The molecule has 0 spiro atoms. The van der Waals surface area contributed by atoms with Crippen LogP contribution in [-0.4, -0.2) is 35.6 Å². The van der Waals surface area contributed by atoms with Crippen LogP contribution in [0.4, 0.5) is 0 Å². The molecule has 1 saturated carbocycles. The van der Waals surface area contributed by atoms with Gasteiger partial charge in [0, 0.05) is 25.6 Å². The Balaban J connectivity index is 1.81. The molecular formula is C12H21NO2. The molecule has 2 fully saturated rings. The first-order chi connectivity index (χ1) is 7.31. The van der Waals surface area contributed by atoms with Gasteiger partial charge in [0.15, 0.2) is 0 Å². The van der Waals surface area contributed by atoms with Crippen LogP contribution in [0.5, 0.6) is 0 Å². The number of carbonyl (C=O) groups excluding carboxylic acids is 1. The van der Waals surface area contributed by atoms with Crippen molar-refractivity contribution >= 4 is 5.91 Å². The third-order valence-corrected chi connectivity index (χ3v) is 3.89. The molecule has 0 radical (unpaired) electrons. The summed E-state index contributed by atoms with van der Waals surface area (Å²) in [6, 6.07) is 0. The van der Waals surface area contributed by atoms with Crippen molar-refractivity contribution in [3.05, 3.63) is 0 Å². The van der Waals surface area contributed by atoms with Gasteiger partial charge in [-0.3, -0.25) is 4.79 Å². The molecule has 0 atom stereocenters. The summed E-state index contributed by atoms with van der Waals surface area (Å²) in [5.74, 6) is 1.12. The van der Waals surface area contributed by atoms with E-state index in [-0.39, 0.29) is 6.61 Å². The second-order valence-electron chi connectivity index (χ2n) is 4.93. The van der Waals surface area contributed by atoms with Gasteiger partial charge in [-0.15, -0.1) is 0 Å². The highest BCUT2D eigenvalue weighted by Gasteiger charge is 2.29. The van der Waals surface area contributed by atoms with E-state index in [4.69, 9.17) is 5.11 Å². The van der Waals surface area contributed by atoms with Crippen LogP contribution in [-0.2, 0) is 4.79 Å². The summed E-state index contributed by atoms with van der Waals surface area (Å²) in [5.41, 5.74) is 0. The predicted octanol–water partition coefficient (Wildman–Crippen LogP) is 1.41. The molecule has 2 rings (SSSR count). The van der Waals surface area contributed by atoms with Gasteiger partial charge in [0.05, 0.1) is 0 Å². The van der Waals surface area contributed by atoms with Crippen LogP contribution in [0.15, 0.2) is 0 Å². The molecule has 1 amide bonds. The molecule has 86 valence electrons. The SMILES string of the molecule is O=C(C1CCCC1)N1CCC(CO)CC1. The Labute approximate surface area is 91.5 Å². The predicted molar refractivity (Wildman–Crippen MR) is 58.3 cm³/mol. The summed E-state index contributed by atoms with van der Waals surface area (Å²) in [4.78, 5) is 14.1. The lowest BCUT2D eigenvalue weighted by atomic mass is 9.96. The van der Waals surface area contributed by atoms with Crippen molar-refractivity contribution in [2.24, 2.45) is 11.8 Å². The van der Waals surface area contributed by atoms with E-state index in [1.165, 1.54) is 12.8 Å². The number of nitrogens with zero attached hydrogens (tertiary/aromatic N) is 1. The minimum absolute atomic E-state index is 0.283. The smallest absolute Gasteiger partial charge is 0.225 e. The first-order valence-electron chi connectivity index (χ1n) is 6.21. The number of hydrogen-bond donors (Lipinski definition) is 1. The first-order valence-corrected chi connectivity index (χ1v) is 6.21. The second kappa shape index (κ2) is 4.97. The highest BCUT2D eigenvalue weighted by atomic mass is 16.3. The largest absolute Gasteiger partial charge is 0.396 e.